The zero-order valence-corrected chi connectivity index (χ0v) is 27.3. The quantitative estimate of drug-likeness (QED) is 0.224. The van der Waals surface area contributed by atoms with Gasteiger partial charge in [-0.15, -0.1) is 0 Å². The summed E-state index contributed by atoms with van der Waals surface area (Å²) in [6.45, 7) is 4.49. The number of anilines is 1. The molecule has 238 valence electrons. The fraction of sp³-hybridized carbons (Fsp3) is 0.588. The maximum atomic E-state index is 14.3. The van der Waals surface area contributed by atoms with E-state index in [4.69, 9.17) is 0 Å². The molecule has 3 aromatic rings. The molecule has 1 aromatic carbocycles. The van der Waals surface area contributed by atoms with Gasteiger partial charge in [0.2, 0.25) is 5.91 Å². The molecule has 0 radical (unpaired) electrons. The normalized spacial score (nSPS) is 17.8. The third kappa shape index (κ3) is 7.86. The van der Waals surface area contributed by atoms with Crippen LogP contribution in [0.15, 0.2) is 36.5 Å². The van der Waals surface area contributed by atoms with Crippen molar-refractivity contribution in [1.29, 1.82) is 0 Å². The van der Waals surface area contributed by atoms with Gasteiger partial charge in [0.25, 0.3) is 5.91 Å². The summed E-state index contributed by atoms with van der Waals surface area (Å²) in [6, 6.07) is 8.94. The summed E-state index contributed by atoms with van der Waals surface area (Å²) in [4.78, 5) is 28.2. The zero-order valence-electron chi connectivity index (χ0n) is 26.4. The molecule has 0 bridgehead atoms. The van der Waals surface area contributed by atoms with Gasteiger partial charge in [-0.2, -0.15) is 10.2 Å². The van der Waals surface area contributed by atoms with Gasteiger partial charge in [0.1, 0.15) is 11.7 Å². The summed E-state index contributed by atoms with van der Waals surface area (Å²) in [5.41, 5.74) is 5.20. The van der Waals surface area contributed by atoms with Crippen molar-refractivity contribution in [1.82, 2.24) is 25.3 Å². The van der Waals surface area contributed by atoms with Crippen molar-refractivity contribution < 1.29 is 13.8 Å². The van der Waals surface area contributed by atoms with Crippen molar-refractivity contribution >= 4 is 28.3 Å². The van der Waals surface area contributed by atoms with Crippen LogP contribution in [0.1, 0.15) is 92.5 Å². The van der Waals surface area contributed by atoms with Crippen molar-refractivity contribution in [3.8, 4) is 11.1 Å². The highest BCUT2D eigenvalue weighted by Crippen LogP contribution is 2.42. The minimum absolute atomic E-state index is 0.0777. The van der Waals surface area contributed by atoms with Gasteiger partial charge in [-0.3, -0.25) is 23.6 Å². The van der Waals surface area contributed by atoms with Crippen LogP contribution in [0.2, 0.25) is 0 Å². The summed E-state index contributed by atoms with van der Waals surface area (Å²) >= 11 is 0. The standard InChI is InChI=1S/C34H48N6O3S/c1-23-30(24(2)39-38-23)27-15-17-28(18-16-27)36-34(42)32(31(25-11-6-4-7-12-25)26-13-8-5-9-14-26)37-33(41)29-19-20-35-40(29)21-10-22-44(3)43/h15-20,25-26,31-32H,4-14,21-22H2,1-3H3,(H,36,42)(H,37,41)(H,38,39)/t32-,44?/m0/s1. The fourth-order valence-corrected chi connectivity index (χ4v) is 8.09. The minimum Gasteiger partial charge on any atom is -0.339 e. The highest BCUT2D eigenvalue weighted by molar-refractivity contribution is 7.84. The molecule has 5 rings (SSSR count). The smallest absolute Gasteiger partial charge is 0.270 e. The molecule has 2 amide bonds. The molecular formula is C34H48N6O3S. The number of rotatable bonds is 12. The summed E-state index contributed by atoms with van der Waals surface area (Å²) in [7, 11) is -0.904. The van der Waals surface area contributed by atoms with Gasteiger partial charge in [0, 0.05) is 52.5 Å². The van der Waals surface area contributed by atoms with Gasteiger partial charge < -0.3 is 10.6 Å². The Morgan fingerprint density at radius 3 is 2.18 bits per heavy atom. The van der Waals surface area contributed by atoms with Gasteiger partial charge in [-0.1, -0.05) is 76.3 Å². The number of nitrogens with zero attached hydrogens (tertiary/aromatic N) is 3. The molecule has 0 spiro atoms. The van der Waals surface area contributed by atoms with Crippen LogP contribution >= 0.6 is 0 Å². The first kappa shape index (κ1) is 32.1. The number of hydrogen-bond donors (Lipinski definition) is 3. The predicted octanol–water partition coefficient (Wildman–Crippen LogP) is 6.17. The molecule has 0 aliphatic heterocycles. The number of nitrogens with one attached hydrogen (secondary N) is 3. The lowest BCUT2D eigenvalue weighted by Crippen LogP contribution is -2.53. The lowest BCUT2D eigenvalue weighted by molar-refractivity contribution is -0.120. The second-order valence-corrected chi connectivity index (χ2v) is 14.3. The van der Waals surface area contributed by atoms with Crippen molar-refractivity contribution in [2.75, 3.05) is 17.3 Å². The number of aromatic nitrogens is 4. The molecule has 2 saturated carbocycles. The van der Waals surface area contributed by atoms with E-state index in [2.05, 4.69) is 25.9 Å². The van der Waals surface area contributed by atoms with Crippen molar-refractivity contribution in [3.05, 3.63) is 53.6 Å². The van der Waals surface area contributed by atoms with Crippen LogP contribution in [-0.2, 0) is 22.1 Å². The van der Waals surface area contributed by atoms with Gasteiger partial charge in [0.15, 0.2) is 0 Å². The minimum atomic E-state index is -0.904. The number of carbonyl (C=O) groups excluding carboxylic acids is 2. The summed E-state index contributed by atoms with van der Waals surface area (Å²) in [5, 5.41) is 18.1. The van der Waals surface area contributed by atoms with E-state index in [1.54, 1.807) is 23.2 Å². The van der Waals surface area contributed by atoms with Crippen LogP contribution in [0.4, 0.5) is 5.69 Å². The Morgan fingerprint density at radius 1 is 0.977 bits per heavy atom. The number of H-pyrrole nitrogens is 1. The highest BCUT2D eigenvalue weighted by Gasteiger charge is 2.41. The highest BCUT2D eigenvalue weighted by atomic mass is 32.2. The van der Waals surface area contributed by atoms with Crippen molar-refractivity contribution in [2.45, 2.75) is 97.1 Å². The number of aromatic amines is 1. The van der Waals surface area contributed by atoms with Gasteiger partial charge in [-0.25, -0.2) is 0 Å². The van der Waals surface area contributed by atoms with Gasteiger partial charge in [0.05, 0.1) is 5.69 Å². The summed E-state index contributed by atoms with van der Waals surface area (Å²) in [5.74, 6) is 1.00. The molecule has 2 atom stereocenters. The number of aryl methyl sites for hydroxylation is 3. The first-order valence-electron chi connectivity index (χ1n) is 16.4. The SMILES string of the molecule is Cc1n[nH]c(C)c1-c1ccc(NC(=O)[C@@H](NC(=O)c2ccnn2CCCS(C)=O)C(C2CCCCC2)C2CCCCC2)cc1. The average Bonchev–Trinajstić information content (AvgIpc) is 3.63. The maximum absolute atomic E-state index is 14.3. The molecular weight excluding hydrogens is 572 g/mol. The van der Waals surface area contributed by atoms with Gasteiger partial charge in [-0.05, 0) is 61.8 Å². The number of amides is 2. The molecule has 10 heteroatoms. The van der Waals surface area contributed by atoms with E-state index in [1.165, 1.54) is 38.5 Å². The van der Waals surface area contributed by atoms with Crippen molar-refractivity contribution in [2.24, 2.45) is 17.8 Å². The molecule has 44 heavy (non-hydrogen) atoms. The second kappa shape index (κ2) is 15.1. The fourth-order valence-electron chi connectivity index (χ4n) is 7.56. The Balaban J connectivity index is 1.41. The van der Waals surface area contributed by atoms with E-state index in [0.29, 0.717) is 41.9 Å². The molecule has 1 unspecified atom stereocenters. The summed E-state index contributed by atoms with van der Waals surface area (Å²) in [6.07, 6.45) is 15.6. The number of benzene rings is 1. The predicted molar refractivity (Wildman–Crippen MR) is 176 cm³/mol. The first-order valence-corrected chi connectivity index (χ1v) is 18.1. The van der Waals surface area contributed by atoms with E-state index >= 15 is 0 Å². The molecule has 0 saturated heterocycles. The Morgan fingerprint density at radius 2 is 1.61 bits per heavy atom. The molecule has 3 N–H and O–H groups in total. The van der Waals surface area contributed by atoms with Crippen LogP contribution < -0.4 is 10.6 Å². The molecule has 2 heterocycles. The molecule has 9 nitrogen and oxygen atoms in total. The topological polar surface area (TPSA) is 122 Å². The number of hydrogen-bond acceptors (Lipinski definition) is 5. The van der Waals surface area contributed by atoms with E-state index in [1.807, 2.05) is 38.1 Å². The zero-order chi connectivity index (χ0) is 31.1. The van der Waals surface area contributed by atoms with Crippen LogP contribution in [0, 0.1) is 31.6 Å². The third-order valence-electron chi connectivity index (χ3n) is 9.66. The Hall–Kier alpha value is -3.27. The molecule has 2 aliphatic carbocycles. The Kier molecular flexibility index (Phi) is 11.1. The Bertz CT molecular complexity index is 1380. The average molecular weight is 621 g/mol. The van der Waals surface area contributed by atoms with Gasteiger partial charge >= 0.3 is 0 Å². The van der Waals surface area contributed by atoms with E-state index in [9.17, 15) is 13.8 Å². The molecule has 2 aromatic heterocycles. The second-order valence-electron chi connectivity index (χ2n) is 12.8. The number of carbonyl (C=O) groups is 2. The lowest BCUT2D eigenvalue weighted by Gasteiger charge is -2.42. The third-order valence-corrected chi connectivity index (χ3v) is 10.5. The van der Waals surface area contributed by atoms with Crippen LogP contribution in [0.3, 0.4) is 0 Å². The maximum Gasteiger partial charge on any atom is 0.270 e. The van der Waals surface area contributed by atoms with E-state index in [0.717, 1.165) is 48.2 Å². The largest absolute Gasteiger partial charge is 0.339 e. The van der Waals surface area contributed by atoms with E-state index < -0.39 is 16.8 Å². The molecule has 2 fully saturated rings. The lowest BCUT2D eigenvalue weighted by atomic mass is 9.66. The monoisotopic (exact) mass is 620 g/mol. The molecule has 2 aliphatic rings. The van der Waals surface area contributed by atoms with Crippen LogP contribution in [0.25, 0.3) is 11.1 Å². The Labute approximate surface area is 263 Å². The van der Waals surface area contributed by atoms with Crippen molar-refractivity contribution in [3.63, 3.8) is 0 Å². The van der Waals surface area contributed by atoms with E-state index in [-0.39, 0.29) is 17.7 Å². The summed E-state index contributed by atoms with van der Waals surface area (Å²) < 4.78 is 13.3. The first-order chi connectivity index (χ1) is 21.3. The van der Waals surface area contributed by atoms with Crippen LogP contribution in [-0.4, -0.2) is 54.1 Å². The van der Waals surface area contributed by atoms with Crippen LogP contribution in [0.5, 0.6) is 0 Å².